The predicted octanol–water partition coefficient (Wildman–Crippen LogP) is 4.06. The molecule has 0 bridgehead atoms. The van der Waals surface area contributed by atoms with Crippen LogP contribution in [0.3, 0.4) is 0 Å². The molecule has 12 heteroatoms. The van der Waals surface area contributed by atoms with E-state index < -0.39 is 47.6 Å². The van der Waals surface area contributed by atoms with Gasteiger partial charge in [-0.2, -0.15) is 4.98 Å². The second-order valence-electron chi connectivity index (χ2n) is 10.9. The van der Waals surface area contributed by atoms with Crippen LogP contribution in [0.5, 0.6) is 0 Å². The summed E-state index contributed by atoms with van der Waals surface area (Å²) in [5, 5.41) is 2.61. The van der Waals surface area contributed by atoms with Crippen molar-refractivity contribution in [1.29, 1.82) is 0 Å². The van der Waals surface area contributed by atoms with Crippen LogP contribution in [0.4, 0.5) is 5.82 Å². The third-order valence-electron chi connectivity index (χ3n) is 7.39. The average Bonchev–Trinajstić information content (AvgIpc) is 3.36. The number of rotatable bonds is 13. The summed E-state index contributed by atoms with van der Waals surface area (Å²) >= 11 is 0. The number of benzene rings is 3. The second kappa shape index (κ2) is 15.4. The van der Waals surface area contributed by atoms with Gasteiger partial charge in [-0.1, -0.05) is 78.9 Å². The minimum atomic E-state index is -1.53. The molecule has 1 aliphatic heterocycles. The van der Waals surface area contributed by atoms with Crippen molar-refractivity contribution in [2.75, 3.05) is 18.5 Å². The molecule has 0 spiro atoms. The third-order valence-corrected chi connectivity index (χ3v) is 7.39. The third kappa shape index (κ3) is 8.55. The summed E-state index contributed by atoms with van der Waals surface area (Å²) in [5.74, 6) is -1.67. The number of nitrogens with one attached hydrogen (secondary N) is 1. The normalized spacial score (nSPS) is 20.3. The van der Waals surface area contributed by atoms with Gasteiger partial charge in [0.1, 0.15) is 18.5 Å². The monoisotopic (exact) mass is 641 g/mol. The second-order valence-corrected chi connectivity index (χ2v) is 10.9. The van der Waals surface area contributed by atoms with Crippen molar-refractivity contribution in [3.8, 4) is 0 Å². The van der Waals surface area contributed by atoms with Gasteiger partial charge in [-0.25, -0.2) is 4.79 Å². The fraction of sp³-hybridized carbons (Fsp3) is 0.286. The van der Waals surface area contributed by atoms with E-state index in [0.717, 1.165) is 15.7 Å². The lowest BCUT2D eigenvalue weighted by Gasteiger charge is -2.34. The van der Waals surface area contributed by atoms with Gasteiger partial charge in [0.2, 0.25) is 0 Å². The van der Waals surface area contributed by atoms with Crippen molar-refractivity contribution in [3.63, 3.8) is 0 Å². The van der Waals surface area contributed by atoms with E-state index in [0.29, 0.717) is 5.56 Å². The Morgan fingerprint density at radius 1 is 0.830 bits per heavy atom. The Labute approximate surface area is 271 Å². The molecule has 1 aliphatic rings. The number of hydrogen-bond donors (Lipinski definition) is 1. The average molecular weight is 642 g/mol. The maximum atomic E-state index is 13.5. The van der Waals surface area contributed by atoms with Crippen molar-refractivity contribution >= 4 is 23.7 Å². The standard InChI is InChI=1S/C35H35N3O9/c1-24(39)45-23-35(22-43-20-26-12-6-3-7-13-26)31(44-21-27-14-8-4-9-15-27)30(46-25(2)40)33(47-35)38-19-18-29(37-34(38)42)36-32(41)28-16-10-5-11-17-28/h3-19,30-31,33H,20-23H2,1-2H3,(H,36,37,41,42)/t30-,31+,33-,35+/m1/s1. The number of nitrogens with zero attached hydrogens (tertiary/aromatic N) is 2. The van der Waals surface area contributed by atoms with Gasteiger partial charge in [-0.15, -0.1) is 0 Å². The van der Waals surface area contributed by atoms with Crippen molar-refractivity contribution in [2.24, 2.45) is 0 Å². The number of anilines is 1. The molecule has 47 heavy (non-hydrogen) atoms. The molecule has 0 radical (unpaired) electrons. The summed E-state index contributed by atoms with van der Waals surface area (Å²) in [4.78, 5) is 54.7. The molecule has 5 rings (SSSR count). The first-order chi connectivity index (χ1) is 22.7. The fourth-order valence-corrected chi connectivity index (χ4v) is 5.22. The summed E-state index contributed by atoms with van der Waals surface area (Å²) in [7, 11) is 0. The van der Waals surface area contributed by atoms with Gasteiger partial charge in [0.25, 0.3) is 5.91 Å². The van der Waals surface area contributed by atoms with Gasteiger partial charge < -0.3 is 29.0 Å². The summed E-state index contributed by atoms with van der Waals surface area (Å²) < 4.78 is 31.4. The Balaban J connectivity index is 1.49. The molecule has 0 unspecified atom stereocenters. The number of ether oxygens (including phenoxy) is 5. The Morgan fingerprint density at radius 2 is 1.45 bits per heavy atom. The number of esters is 2. The highest BCUT2D eigenvalue weighted by molar-refractivity contribution is 6.03. The fourth-order valence-electron chi connectivity index (χ4n) is 5.22. The summed E-state index contributed by atoms with van der Waals surface area (Å²) in [6, 6.07) is 28.6. The van der Waals surface area contributed by atoms with Crippen molar-refractivity contribution in [1.82, 2.24) is 9.55 Å². The van der Waals surface area contributed by atoms with Crippen LogP contribution in [0, 0.1) is 0 Å². The lowest BCUT2D eigenvalue weighted by Crippen LogP contribution is -2.53. The van der Waals surface area contributed by atoms with E-state index >= 15 is 0 Å². The van der Waals surface area contributed by atoms with Gasteiger partial charge in [0.15, 0.2) is 17.9 Å². The van der Waals surface area contributed by atoms with Crippen LogP contribution in [-0.4, -0.2) is 58.4 Å². The van der Waals surface area contributed by atoms with Crippen LogP contribution in [-0.2, 0) is 46.5 Å². The molecule has 2 heterocycles. The Hall–Kier alpha value is -5.17. The summed E-state index contributed by atoms with van der Waals surface area (Å²) in [5.41, 5.74) is -0.234. The first kappa shape index (κ1) is 33.2. The molecule has 3 aromatic carbocycles. The minimum absolute atomic E-state index is 0.0105. The van der Waals surface area contributed by atoms with E-state index in [2.05, 4.69) is 10.3 Å². The van der Waals surface area contributed by atoms with Crippen LogP contribution in [0.1, 0.15) is 41.6 Å². The molecule has 12 nitrogen and oxygen atoms in total. The quantitative estimate of drug-likeness (QED) is 0.212. The van der Waals surface area contributed by atoms with E-state index in [9.17, 15) is 19.2 Å². The highest BCUT2D eigenvalue weighted by Gasteiger charge is 2.60. The Bertz CT molecular complexity index is 1720. The van der Waals surface area contributed by atoms with Crippen LogP contribution < -0.4 is 11.0 Å². The zero-order valence-corrected chi connectivity index (χ0v) is 25.9. The molecule has 1 saturated heterocycles. The molecule has 4 atom stereocenters. The summed E-state index contributed by atoms with van der Waals surface area (Å²) in [6.45, 7) is 2.27. The van der Waals surface area contributed by atoms with Crippen molar-refractivity contribution in [2.45, 2.75) is 51.1 Å². The molecular weight excluding hydrogens is 606 g/mol. The molecule has 1 N–H and O–H groups in total. The van der Waals surface area contributed by atoms with Crippen molar-refractivity contribution < 1.29 is 38.1 Å². The molecule has 1 amide bonds. The van der Waals surface area contributed by atoms with Gasteiger partial charge in [-0.05, 0) is 29.3 Å². The molecule has 0 saturated carbocycles. The van der Waals surface area contributed by atoms with Crippen molar-refractivity contribution in [3.05, 3.63) is 130 Å². The van der Waals surface area contributed by atoms with Crippen LogP contribution in [0.2, 0.25) is 0 Å². The molecule has 1 fully saturated rings. The number of hydrogen-bond acceptors (Lipinski definition) is 10. The van der Waals surface area contributed by atoms with Crippen LogP contribution in [0.25, 0.3) is 0 Å². The highest BCUT2D eigenvalue weighted by Crippen LogP contribution is 2.42. The molecule has 1 aromatic heterocycles. The van der Waals surface area contributed by atoms with Gasteiger partial charge in [0, 0.05) is 25.6 Å². The smallest absolute Gasteiger partial charge is 0.351 e. The number of carbonyl (C=O) groups is 3. The molecule has 0 aliphatic carbocycles. The Kier molecular flexibility index (Phi) is 10.9. The highest BCUT2D eigenvalue weighted by atomic mass is 16.7. The zero-order valence-electron chi connectivity index (χ0n) is 25.9. The van der Waals surface area contributed by atoms with Gasteiger partial charge in [0.05, 0.1) is 19.8 Å². The first-order valence-electron chi connectivity index (χ1n) is 15.0. The minimum Gasteiger partial charge on any atom is -0.463 e. The van der Waals surface area contributed by atoms with Gasteiger partial charge >= 0.3 is 17.6 Å². The topological polar surface area (TPSA) is 144 Å². The van der Waals surface area contributed by atoms with E-state index in [-0.39, 0.29) is 32.2 Å². The first-order valence-corrected chi connectivity index (χ1v) is 15.0. The summed E-state index contributed by atoms with van der Waals surface area (Å²) in [6.07, 6.45) is -2.17. The number of aromatic nitrogens is 2. The maximum Gasteiger partial charge on any atom is 0.351 e. The van der Waals surface area contributed by atoms with Gasteiger partial charge in [-0.3, -0.25) is 19.0 Å². The zero-order chi connectivity index (χ0) is 33.2. The lowest BCUT2D eigenvalue weighted by atomic mass is 9.96. The largest absolute Gasteiger partial charge is 0.463 e. The molecular formula is C35H35N3O9. The molecule has 4 aromatic rings. The van der Waals surface area contributed by atoms with E-state index in [1.54, 1.807) is 30.3 Å². The Morgan fingerprint density at radius 3 is 2.04 bits per heavy atom. The lowest BCUT2D eigenvalue weighted by molar-refractivity contribution is -0.189. The van der Waals surface area contributed by atoms with E-state index in [4.69, 9.17) is 23.7 Å². The van der Waals surface area contributed by atoms with E-state index in [1.807, 2.05) is 60.7 Å². The van der Waals surface area contributed by atoms with E-state index in [1.165, 1.54) is 26.1 Å². The SMILES string of the molecule is CC(=O)OC[C@]1(COCc2ccccc2)O[C@@H](n2ccc(NC(=O)c3ccccc3)nc2=O)[C@H](OC(C)=O)[C@@H]1OCc1ccccc1. The molecule has 244 valence electrons. The van der Waals surface area contributed by atoms with Crippen LogP contribution >= 0.6 is 0 Å². The predicted molar refractivity (Wildman–Crippen MR) is 169 cm³/mol. The number of carbonyl (C=O) groups excluding carboxylic acids is 3. The number of amides is 1. The van der Waals surface area contributed by atoms with Crippen LogP contribution in [0.15, 0.2) is 108 Å². The maximum absolute atomic E-state index is 13.5.